The molecular weight excluding hydrogens is 376 g/mol. The van der Waals surface area contributed by atoms with Gasteiger partial charge in [0.25, 0.3) is 0 Å². The summed E-state index contributed by atoms with van der Waals surface area (Å²) in [7, 11) is 0. The third kappa shape index (κ3) is 3.34. The number of para-hydroxylation sites is 1. The SMILES string of the molecule is CCOC(=O)c1nc(-c2oc3ccccc3c2C)nc2c(C)cc(C(C)(C)C)cc12. The van der Waals surface area contributed by atoms with Crippen LogP contribution in [-0.4, -0.2) is 22.5 Å². The summed E-state index contributed by atoms with van der Waals surface area (Å²) in [5.74, 6) is 0.513. The number of hydrogen-bond donors (Lipinski definition) is 0. The predicted molar refractivity (Wildman–Crippen MR) is 119 cm³/mol. The van der Waals surface area contributed by atoms with Crippen molar-refractivity contribution in [2.24, 2.45) is 0 Å². The van der Waals surface area contributed by atoms with Gasteiger partial charge in [0.15, 0.2) is 17.3 Å². The lowest BCUT2D eigenvalue weighted by Crippen LogP contribution is -2.14. The van der Waals surface area contributed by atoms with E-state index in [4.69, 9.17) is 14.1 Å². The van der Waals surface area contributed by atoms with Gasteiger partial charge >= 0.3 is 5.97 Å². The van der Waals surface area contributed by atoms with Crippen LogP contribution in [0.2, 0.25) is 0 Å². The van der Waals surface area contributed by atoms with Gasteiger partial charge in [0.05, 0.1) is 12.1 Å². The predicted octanol–water partition coefficient (Wildman–Crippen LogP) is 6.13. The number of carbonyl (C=O) groups is 1. The first-order chi connectivity index (χ1) is 14.2. The normalized spacial score (nSPS) is 11.9. The van der Waals surface area contributed by atoms with E-state index < -0.39 is 5.97 Å². The number of carbonyl (C=O) groups excluding carboxylic acids is 1. The highest BCUT2D eigenvalue weighted by Crippen LogP contribution is 2.34. The average Bonchev–Trinajstić information content (AvgIpc) is 3.04. The Labute approximate surface area is 176 Å². The number of aromatic nitrogens is 2. The molecule has 0 spiro atoms. The number of furan rings is 1. The first-order valence-electron chi connectivity index (χ1n) is 10.2. The van der Waals surface area contributed by atoms with Crippen molar-refractivity contribution in [3.8, 4) is 11.6 Å². The van der Waals surface area contributed by atoms with E-state index in [0.717, 1.165) is 33.2 Å². The van der Waals surface area contributed by atoms with Crippen LogP contribution in [0, 0.1) is 13.8 Å². The van der Waals surface area contributed by atoms with Gasteiger partial charge in [-0.25, -0.2) is 14.8 Å². The number of aryl methyl sites for hydroxylation is 2. The zero-order valence-corrected chi connectivity index (χ0v) is 18.3. The van der Waals surface area contributed by atoms with E-state index in [9.17, 15) is 4.79 Å². The molecule has 0 aliphatic rings. The van der Waals surface area contributed by atoms with E-state index in [0.29, 0.717) is 17.0 Å². The van der Waals surface area contributed by atoms with Crippen LogP contribution in [0.25, 0.3) is 33.5 Å². The Morgan fingerprint density at radius 1 is 1.07 bits per heavy atom. The van der Waals surface area contributed by atoms with Gasteiger partial charge in [-0.15, -0.1) is 0 Å². The zero-order chi connectivity index (χ0) is 21.6. The summed E-state index contributed by atoms with van der Waals surface area (Å²) in [6.07, 6.45) is 0. The molecule has 0 aliphatic heterocycles. The van der Waals surface area contributed by atoms with Crippen LogP contribution in [0.4, 0.5) is 0 Å². The van der Waals surface area contributed by atoms with Gasteiger partial charge in [0, 0.05) is 16.3 Å². The molecule has 0 unspecified atom stereocenters. The molecule has 5 nitrogen and oxygen atoms in total. The lowest BCUT2D eigenvalue weighted by Gasteiger charge is -2.21. The maximum atomic E-state index is 12.8. The third-order valence-corrected chi connectivity index (χ3v) is 5.37. The molecule has 0 bridgehead atoms. The fourth-order valence-electron chi connectivity index (χ4n) is 3.68. The molecule has 0 saturated carbocycles. The Balaban J connectivity index is 2.03. The highest BCUT2D eigenvalue weighted by Gasteiger charge is 2.24. The molecule has 0 fully saturated rings. The van der Waals surface area contributed by atoms with Crippen molar-refractivity contribution in [2.75, 3.05) is 6.61 Å². The Morgan fingerprint density at radius 2 is 1.80 bits per heavy atom. The summed E-state index contributed by atoms with van der Waals surface area (Å²) in [5, 5.41) is 1.71. The summed E-state index contributed by atoms with van der Waals surface area (Å²) in [6, 6.07) is 12.0. The van der Waals surface area contributed by atoms with Crippen molar-refractivity contribution >= 4 is 27.8 Å². The summed E-state index contributed by atoms with van der Waals surface area (Å²) in [6.45, 7) is 12.5. The van der Waals surface area contributed by atoms with Crippen molar-refractivity contribution in [2.45, 2.75) is 47.0 Å². The Hall–Kier alpha value is -3.21. The van der Waals surface area contributed by atoms with E-state index in [2.05, 4.69) is 31.8 Å². The topological polar surface area (TPSA) is 65.2 Å². The molecule has 5 heteroatoms. The van der Waals surface area contributed by atoms with Crippen LogP contribution in [0.3, 0.4) is 0 Å². The van der Waals surface area contributed by atoms with Gasteiger partial charge < -0.3 is 9.15 Å². The number of rotatable bonds is 3. The molecule has 4 rings (SSSR count). The lowest BCUT2D eigenvalue weighted by molar-refractivity contribution is 0.0522. The Kier molecular flexibility index (Phi) is 4.85. The van der Waals surface area contributed by atoms with Gasteiger partial charge in [-0.2, -0.15) is 0 Å². The molecule has 154 valence electrons. The lowest BCUT2D eigenvalue weighted by atomic mass is 9.85. The number of hydrogen-bond acceptors (Lipinski definition) is 5. The molecule has 2 aromatic heterocycles. The quantitative estimate of drug-likeness (QED) is 0.385. The summed E-state index contributed by atoms with van der Waals surface area (Å²) in [5.41, 5.74) is 4.75. The minimum absolute atomic E-state index is 0.0706. The maximum Gasteiger partial charge on any atom is 0.357 e. The molecule has 0 N–H and O–H groups in total. The van der Waals surface area contributed by atoms with Crippen LogP contribution in [0.1, 0.15) is 54.9 Å². The van der Waals surface area contributed by atoms with E-state index in [-0.39, 0.29) is 17.7 Å². The van der Waals surface area contributed by atoms with Gasteiger partial charge in [-0.1, -0.05) is 45.0 Å². The molecule has 4 aromatic rings. The minimum atomic E-state index is -0.453. The summed E-state index contributed by atoms with van der Waals surface area (Å²) < 4.78 is 11.4. The fourth-order valence-corrected chi connectivity index (χ4v) is 3.68. The molecule has 0 atom stereocenters. The number of benzene rings is 2. The van der Waals surface area contributed by atoms with E-state index in [1.807, 2.05) is 44.2 Å². The van der Waals surface area contributed by atoms with Crippen molar-refractivity contribution in [1.82, 2.24) is 9.97 Å². The van der Waals surface area contributed by atoms with Crippen molar-refractivity contribution in [3.63, 3.8) is 0 Å². The number of nitrogens with zero attached hydrogens (tertiary/aromatic N) is 2. The highest BCUT2D eigenvalue weighted by atomic mass is 16.5. The average molecular weight is 402 g/mol. The van der Waals surface area contributed by atoms with Crippen LogP contribution in [0.5, 0.6) is 0 Å². The number of esters is 1. The summed E-state index contributed by atoms with van der Waals surface area (Å²) in [4.78, 5) is 22.3. The highest BCUT2D eigenvalue weighted by molar-refractivity contribution is 6.03. The minimum Gasteiger partial charge on any atom is -0.461 e. The van der Waals surface area contributed by atoms with Gasteiger partial charge in [-0.05, 0) is 49.4 Å². The Morgan fingerprint density at radius 3 is 2.47 bits per heavy atom. The van der Waals surface area contributed by atoms with Crippen molar-refractivity contribution in [1.29, 1.82) is 0 Å². The number of ether oxygens (including phenoxy) is 1. The second kappa shape index (κ2) is 7.24. The van der Waals surface area contributed by atoms with Crippen LogP contribution in [0.15, 0.2) is 40.8 Å². The molecule has 0 amide bonds. The first kappa shape index (κ1) is 20.1. The largest absolute Gasteiger partial charge is 0.461 e. The van der Waals surface area contributed by atoms with Crippen LogP contribution < -0.4 is 0 Å². The zero-order valence-electron chi connectivity index (χ0n) is 18.3. The third-order valence-electron chi connectivity index (χ3n) is 5.37. The molecule has 0 radical (unpaired) electrons. The molecule has 2 aromatic carbocycles. The van der Waals surface area contributed by atoms with Gasteiger partial charge in [-0.3, -0.25) is 0 Å². The van der Waals surface area contributed by atoms with Crippen molar-refractivity contribution in [3.05, 3.63) is 58.8 Å². The van der Waals surface area contributed by atoms with Crippen molar-refractivity contribution < 1.29 is 13.9 Å². The second-order valence-corrected chi connectivity index (χ2v) is 8.61. The molecule has 0 aliphatic carbocycles. The van der Waals surface area contributed by atoms with Gasteiger partial charge in [0.1, 0.15) is 5.58 Å². The molecular formula is C25H26N2O3. The standard InChI is InChI=1S/C25H26N2O3/c1-7-29-24(28)21-18-13-16(25(4,5)6)12-14(2)20(18)26-23(27-21)22-15(3)17-10-8-9-11-19(17)30-22/h8-13H,7H2,1-6H3. The van der Waals surface area contributed by atoms with Gasteiger partial charge in [0.2, 0.25) is 0 Å². The molecule has 2 heterocycles. The first-order valence-corrected chi connectivity index (χ1v) is 10.2. The van der Waals surface area contributed by atoms with Crippen LogP contribution in [-0.2, 0) is 10.2 Å². The monoisotopic (exact) mass is 402 g/mol. The smallest absolute Gasteiger partial charge is 0.357 e. The second-order valence-electron chi connectivity index (χ2n) is 8.61. The van der Waals surface area contributed by atoms with E-state index in [1.54, 1.807) is 6.92 Å². The maximum absolute atomic E-state index is 12.8. The van der Waals surface area contributed by atoms with E-state index >= 15 is 0 Å². The Bertz CT molecular complexity index is 1280. The summed E-state index contributed by atoms with van der Waals surface area (Å²) >= 11 is 0. The fraction of sp³-hybridized carbons (Fsp3) is 0.320. The van der Waals surface area contributed by atoms with E-state index in [1.165, 1.54) is 0 Å². The number of fused-ring (bicyclic) bond motifs is 2. The molecule has 30 heavy (non-hydrogen) atoms. The molecule has 0 saturated heterocycles. The van der Waals surface area contributed by atoms with Crippen LogP contribution >= 0.6 is 0 Å².